The van der Waals surface area contributed by atoms with Crippen LogP contribution in [0.3, 0.4) is 0 Å². The van der Waals surface area contributed by atoms with Crippen molar-refractivity contribution < 1.29 is 14.3 Å². The fourth-order valence-corrected chi connectivity index (χ4v) is 0.789. The Bertz CT molecular complexity index is 308. The van der Waals surface area contributed by atoms with Crippen molar-refractivity contribution in [2.45, 2.75) is 26.4 Å². The summed E-state index contributed by atoms with van der Waals surface area (Å²) in [4.78, 5) is 15.3. The van der Waals surface area contributed by atoms with Gasteiger partial charge in [-0.1, -0.05) is 0 Å². The maximum atomic E-state index is 11.5. The molecule has 0 N–H and O–H groups in total. The number of esters is 1. The first kappa shape index (κ1) is 10.5. The molecule has 0 fully saturated rings. The van der Waals surface area contributed by atoms with Crippen molar-refractivity contribution in [3.05, 3.63) is 24.8 Å². The number of carbonyl (C=O) groups excluding carboxylic acids is 1. The van der Waals surface area contributed by atoms with E-state index >= 15 is 0 Å². The summed E-state index contributed by atoms with van der Waals surface area (Å²) in [6.45, 7) is 5.41. The fourth-order valence-electron chi connectivity index (χ4n) is 0.789. The highest BCUT2D eigenvalue weighted by Crippen LogP contribution is 2.08. The molecular weight excluding hydrogens is 182 g/mol. The lowest BCUT2D eigenvalue weighted by atomic mass is 10.2. The Morgan fingerprint density at radius 2 is 2.14 bits per heavy atom. The van der Waals surface area contributed by atoms with Crippen LogP contribution in [0.2, 0.25) is 0 Å². The number of carbonyl (C=O) groups is 1. The number of hydrogen-bond acceptors (Lipinski definition) is 4. The smallest absolute Gasteiger partial charge is 0.357 e. The first-order valence-corrected chi connectivity index (χ1v) is 4.27. The zero-order valence-corrected chi connectivity index (χ0v) is 8.48. The molecule has 0 spiro atoms. The summed E-state index contributed by atoms with van der Waals surface area (Å²) in [5.41, 5.74) is -0.279. The summed E-state index contributed by atoms with van der Waals surface area (Å²) in [5.74, 6) is -0.455. The molecule has 0 atom stereocenters. The van der Waals surface area contributed by atoms with Gasteiger partial charge in [0.1, 0.15) is 11.9 Å². The van der Waals surface area contributed by atoms with Crippen LogP contribution in [-0.2, 0) is 14.3 Å². The van der Waals surface area contributed by atoms with Crippen LogP contribution in [0.5, 0.6) is 0 Å². The minimum Gasteiger partial charge on any atom is -0.471 e. The zero-order valence-electron chi connectivity index (χ0n) is 8.48. The molecule has 0 aromatic carbocycles. The van der Waals surface area contributed by atoms with Crippen molar-refractivity contribution in [3.8, 4) is 0 Å². The molecule has 1 aliphatic heterocycles. The Balaban J connectivity index is 2.69. The lowest BCUT2D eigenvalue weighted by Crippen LogP contribution is -2.28. The molecule has 0 saturated heterocycles. The molecule has 0 aromatic rings. The summed E-state index contributed by atoms with van der Waals surface area (Å²) in [6.07, 6.45) is 5.63. The molecule has 4 heteroatoms. The Hall–Kier alpha value is -1.58. The summed E-state index contributed by atoms with van der Waals surface area (Å²) < 4.78 is 9.94. The Labute approximate surface area is 82.9 Å². The minimum absolute atomic E-state index is 0.230. The maximum Gasteiger partial charge on any atom is 0.357 e. The van der Waals surface area contributed by atoms with Crippen LogP contribution < -0.4 is 0 Å². The minimum atomic E-state index is -0.510. The lowest BCUT2D eigenvalue weighted by molar-refractivity contribution is -0.146. The molecule has 0 bridgehead atoms. The summed E-state index contributed by atoms with van der Waals surface area (Å²) in [5, 5.41) is 0. The van der Waals surface area contributed by atoms with Crippen molar-refractivity contribution in [2.24, 2.45) is 4.99 Å². The van der Waals surface area contributed by atoms with Crippen LogP contribution in [0.25, 0.3) is 0 Å². The van der Waals surface area contributed by atoms with Gasteiger partial charge >= 0.3 is 5.97 Å². The third-order valence-electron chi connectivity index (χ3n) is 1.27. The van der Waals surface area contributed by atoms with Gasteiger partial charge in [0.25, 0.3) is 0 Å². The van der Waals surface area contributed by atoms with Crippen LogP contribution in [0.4, 0.5) is 0 Å². The summed E-state index contributed by atoms with van der Waals surface area (Å²) in [6, 6.07) is 0. The second-order valence-electron chi connectivity index (χ2n) is 3.74. The molecule has 0 amide bonds. The predicted molar refractivity (Wildman–Crippen MR) is 52.6 cm³/mol. The first-order valence-electron chi connectivity index (χ1n) is 4.27. The van der Waals surface area contributed by atoms with Crippen molar-refractivity contribution in [1.29, 1.82) is 0 Å². The third-order valence-corrected chi connectivity index (χ3v) is 1.27. The highest BCUT2D eigenvalue weighted by Gasteiger charge is 2.19. The van der Waals surface area contributed by atoms with Crippen LogP contribution in [0.1, 0.15) is 20.8 Å². The Morgan fingerprint density at radius 1 is 1.43 bits per heavy atom. The molecular formula is C10H13NO3. The third kappa shape index (κ3) is 3.43. The Kier molecular flexibility index (Phi) is 3.06. The van der Waals surface area contributed by atoms with Crippen LogP contribution in [0, 0.1) is 0 Å². The Morgan fingerprint density at radius 3 is 2.79 bits per heavy atom. The molecule has 0 aliphatic carbocycles. The van der Waals surface area contributed by atoms with Crippen molar-refractivity contribution in [1.82, 2.24) is 0 Å². The molecule has 1 heterocycles. The van der Waals surface area contributed by atoms with Gasteiger partial charge in [-0.2, -0.15) is 0 Å². The molecule has 4 nitrogen and oxygen atoms in total. The monoisotopic (exact) mass is 195 g/mol. The zero-order chi connectivity index (χ0) is 10.6. The van der Waals surface area contributed by atoms with Gasteiger partial charge in [-0.3, -0.25) is 0 Å². The van der Waals surface area contributed by atoms with E-state index in [4.69, 9.17) is 9.47 Å². The van der Waals surface area contributed by atoms with E-state index in [0.717, 1.165) is 0 Å². The van der Waals surface area contributed by atoms with Gasteiger partial charge in [0.15, 0.2) is 5.71 Å². The van der Waals surface area contributed by atoms with Crippen molar-refractivity contribution in [3.63, 3.8) is 0 Å². The molecule has 76 valence electrons. The molecule has 0 unspecified atom stereocenters. The number of ether oxygens (including phenoxy) is 2. The highest BCUT2D eigenvalue weighted by molar-refractivity contribution is 6.41. The molecule has 0 aromatic heterocycles. The normalized spacial score (nSPS) is 15.5. The van der Waals surface area contributed by atoms with E-state index in [-0.39, 0.29) is 5.71 Å². The maximum absolute atomic E-state index is 11.5. The van der Waals surface area contributed by atoms with Crippen LogP contribution in [0.15, 0.2) is 29.8 Å². The van der Waals surface area contributed by atoms with Crippen LogP contribution >= 0.6 is 0 Å². The van der Waals surface area contributed by atoms with Gasteiger partial charge in [0, 0.05) is 6.08 Å². The number of nitrogens with zero attached hydrogens (tertiary/aromatic N) is 1. The first-order chi connectivity index (χ1) is 6.49. The molecule has 14 heavy (non-hydrogen) atoms. The summed E-state index contributed by atoms with van der Waals surface area (Å²) in [7, 11) is 0. The molecule has 0 radical (unpaired) electrons. The van der Waals surface area contributed by atoms with Gasteiger partial charge in [0.2, 0.25) is 0 Å². The molecule has 1 aliphatic rings. The largest absolute Gasteiger partial charge is 0.471 e. The van der Waals surface area contributed by atoms with Gasteiger partial charge in [-0.05, 0) is 20.8 Å². The number of aliphatic imine (C=N–C) groups is 1. The van der Waals surface area contributed by atoms with Crippen molar-refractivity contribution >= 4 is 11.7 Å². The SMILES string of the molecule is CC(C)(C)OC(=O)C1=NC=COC=C1. The fraction of sp³-hybridized carbons (Fsp3) is 0.400. The quantitative estimate of drug-likeness (QED) is 0.599. The predicted octanol–water partition coefficient (Wildman–Crippen LogP) is 1.78. The molecule has 0 saturated carbocycles. The lowest BCUT2D eigenvalue weighted by Gasteiger charge is -2.18. The van der Waals surface area contributed by atoms with E-state index in [1.807, 2.05) is 0 Å². The van der Waals surface area contributed by atoms with Crippen LogP contribution in [-0.4, -0.2) is 17.3 Å². The van der Waals surface area contributed by atoms with Crippen molar-refractivity contribution in [2.75, 3.05) is 0 Å². The van der Waals surface area contributed by atoms with E-state index in [9.17, 15) is 4.79 Å². The van der Waals surface area contributed by atoms with E-state index in [2.05, 4.69) is 4.99 Å². The summed E-state index contributed by atoms with van der Waals surface area (Å²) >= 11 is 0. The number of rotatable bonds is 1. The van der Waals surface area contributed by atoms with E-state index in [1.165, 1.54) is 24.8 Å². The molecule has 1 rings (SSSR count). The average molecular weight is 195 g/mol. The second kappa shape index (κ2) is 4.09. The van der Waals surface area contributed by atoms with E-state index < -0.39 is 11.6 Å². The van der Waals surface area contributed by atoms with Gasteiger partial charge in [-0.15, -0.1) is 0 Å². The standard InChI is InChI=1S/C10H13NO3/c1-10(2,3)14-9(12)8-4-6-13-7-5-11-8/h4-7H,1-3H3. The highest BCUT2D eigenvalue weighted by atomic mass is 16.6. The van der Waals surface area contributed by atoms with Gasteiger partial charge in [0.05, 0.1) is 12.5 Å². The second-order valence-corrected chi connectivity index (χ2v) is 3.74. The van der Waals surface area contributed by atoms with E-state index in [1.54, 1.807) is 20.8 Å². The number of hydrogen-bond donors (Lipinski definition) is 0. The van der Waals surface area contributed by atoms with Gasteiger partial charge < -0.3 is 9.47 Å². The topological polar surface area (TPSA) is 47.9 Å². The average Bonchev–Trinajstić information content (AvgIpc) is 2.27. The van der Waals surface area contributed by atoms with Gasteiger partial charge in [-0.25, -0.2) is 9.79 Å². The van der Waals surface area contributed by atoms with E-state index in [0.29, 0.717) is 0 Å².